The van der Waals surface area contributed by atoms with Crippen LogP contribution in [0.5, 0.6) is 11.8 Å². The summed E-state index contributed by atoms with van der Waals surface area (Å²) in [6, 6.07) is 7.87. The fourth-order valence-electron chi connectivity index (χ4n) is 3.94. The summed E-state index contributed by atoms with van der Waals surface area (Å²) in [5.74, 6) is 1.43. The minimum Gasteiger partial charge on any atom is -0.418 e. The summed E-state index contributed by atoms with van der Waals surface area (Å²) in [7, 11) is 1.90. The first-order valence-corrected chi connectivity index (χ1v) is 10.1. The van der Waals surface area contributed by atoms with E-state index in [0.29, 0.717) is 23.2 Å². The van der Waals surface area contributed by atoms with Crippen molar-refractivity contribution in [3.05, 3.63) is 69.8 Å². The number of fused-ring (bicyclic) bond motifs is 4. The molecule has 0 spiro atoms. The fourth-order valence-corrected chi connectivity index (χ4v) is 4.40. The van der Waals surface area contributed by atoms with Crippen LogP contribution in [0.4, 0.5) is 0 Å². The Morgan fingerprint density at radius 3 is 2.83 bits per heavy atom. The van der Waals surface area contributed by atoms with Crippen molar-refractivity contribution in [2.24, 2.45) is 7.05 Å². The van der Waals surface area contributed by atoms with Crippen molar-refractivity contribution < 1.29 is 4.74 Å². The molecule has 0 unspecified atom stereocenters. The predicted octanol–water partition coefficient (Wildman–Crippen LogP) is 3.60. The topological polar surface area (TPSA) is 98.8 Å². The van der Waals surface area contributed by atoms with E-state index in [-0.39, 0.29) is 5.92 Å². The first-order chi connectivity index (χ1) is 14.6. The van der Waals surface area contributed by atoms with E-state index in [1.807, 2.05) is 50.6 Å². The number of aromatic nitrogens is 8. The molecule has 1 N–H and O–H groups in total. The van der Waals surface area contributed by atoms with E-state index in [0.717, 1.165) is 32.4 Å². The van der Waals surface area contributed by atoms with Gasteiger partial charge in [0.25, 0.3) is 0 Å². The van der Waals surface area contributed by atoms with E-state index in [2.05, 4.69) is 41.3 Å². The minimum absolute atomic E-state index is 0.177. The highest BCUT2D eigenvalue weighted by Crippen LogP contribution is 2.48. The Balaban J connectivity index is 1.64. The van der Waals surface area contributed by atoms with Gasteiger partial charge in [0.15, 0.2) is 11.5 Å². The Morgan fingerprint density at radius 2 is 2.03 bits per heavy atom. The van der Waals surface area contributed by atoms with Gasteiger partial charge in [-0.1, -0.05) is 28.1 Å². The maximum atomic E-state index is 6.03. The smallest absolute Gasteiger partial charge is 0.244 e. The highest BCUT2D eigenvalue weighted by atomic mass is 79.9. The van der Waals surface area contributed by atoms with E-state index in [1.54, 1.807) is 15.5 Å². The van der Waals surface area contributed by atoms with E-state index in [9.17, 15) is 0 Å². The number of nitrogens with one attached hydrogen (secondary N) is 1. The normalized spacial score (nSPS) is 15.1. The lowest BCUT2D eigenvalue weighted by Crippen LogP contribution is -2.14. The molecule has 0 radical (unpaired) electrons. The molecule has 10 heteroatoms. The summed E-state index contributed by atoms with van der Waals surface area (Å²) >= 11 is 3.59. The van der Waals surface area contributed by atoms with Crippen molar-refractivity contribution >= 4 is 21.6 Å². The molecule has 5 heterocycles. The number of benzene rings is 1. The summed E-state index contributed by atoms with van der Waals surface area (Å²) in [6.07, 6.45) is 5.46. The molecule has 0 fully saturated rings. The summed E-state index contributed by atoms with van der Waals surface area (Å²) in [6.45, 7) is 1.98. The Labute approximate surface area is 178 Å². The summed E-state index contributed by atoms with van der Waals surface area (Å²) in [5, 5.41) is 16.4. The second kappa shape index (κ2) is 6.23. The molecule has 9 nitrogen and oxygen atoms in total. The van der Waals surface area contributed by atoms with Gasteiger partial charge in [0, 0.05) is 40.1 Å². The van der Waals surface area contributed by atoms with Gasteiger partial charge in [-0.15, -0.1) is 10.2 Å². The zero-order valence-corrected chi connectivity index (χ0v) is 17.6. The van der Waals surface area contributed by atoms with Crippen LogP contribution in [0.1, 0.15) is 28.3 Å². The number of H-pyrrole nitrogens is 1. The molecule has 4 aromatic heterocycles. The van der Waals surface area contributed by atoms with Crippen molar-refractivity contribution in [1.82, 2.24) is 39.6 Å². The molecule has 148 valence electrons. The molecule has 1 aliphatic heterocycles. The molecule has 0 amide bonds. The van der Waals surface area contributed by atoms with Crippen LogP contribution in [-0.2, 0) is 7.05 Å². The summed E-state index contributed by atoms with van der Waals surface area (Å²) in [4.78, 5) is 9.38. The Kier molecular flexibility index (Phi) is 3.60. The van der Waals surface area contributed by atoms with Crippen LogP contribution in [0.25, 0.3) is 17.0 Å². The van der Waals surface area contributed by atoms with Gasteiger partial charge in [-0.3, -0.25) is 9.78 Å². The Morgan fingerprint density at radius 1 is 1.17 bits per heavy atom. The van der Waals surface area contributed by atoms with E-state index < -0.39 is 0 Å². The second-order valence-corrected chi connectivity index (χ2v) is 8.05. The van der Waals surface area contributed by atoms with Crippen LogP contribution in [0.3, 0.4) is 0 Å². The highest BCUT2D eigenvalue weighted by Gasteiger charge is 2.37. The monoisotopic (exact) mass is 462 g/mol. The number of nitrogens with zero attached hydrogens (tertiary/aromatic N) is 7. The third-order valence-electron chi connectivity index (χ3n) is 5.29. The molecule has 6 rings (SSSR count). The number of hydrogen-bond acceptors (Lipinski definition) is 6. The number of hydrogen-bond donors (Lipinski definition) is 1. The third-order valence-corrected chi connectivity index (χ3v) is 5.98. The van der Waals surface area contributed by atoms with Gasteiger partial charge in [-0.2, -0.15) is 5.10 Å². The molecule has 1 aliphatic rings. The van der Waals surface area contributed by atoms with Gasteiger partial charge in [0.1, 0.15) is 6.33 Å². The fraction of sp³-hybridized carbons (Fsp3) is 0.150. The molecule has 30 heavy (non-hydrogen) atoms. The van der Waals surface area contributed by atoms with Crippen LogP contribution in [0.15, 0.2) is 47.5 Å². The van der Waals surface area contributed by atoms with E-state index in [4.69, 9.17) is 9.72 Å². The number of halogens is 1. The van der Waals surface area contributed by atoms with Gasteiger partial charge >= 0.3 is 0 Å². The lowest BCUT2D eigenvalue weighted by molar-refractivity contribution is 0.416. The molecule has 5 aromatic rings. The molecule has 1 aromatic carbocycles. The molecule has 1 atom stereocenters. The largest absolute Gasteiger partial charge is 0.418 e. The summed E-state index contributed by atoms with van der Waals surface area (Å²) in [5.41, 5.74) is 5.32. The minimum atomic E-state index is -0.177. The molecule has 0 saturated heterocycles. The predicted molar refractivity (Wildman–Crippen MR) is 111 cm³/mol. The van der Waals surface area contributed by atoms with Crippen molar-refractivity contribution in [3.8, 4) is 23.1 Å². The summed E-state index contributed by atoms with van der Waals surface area (Å²) < 4.78 is 10.4. The highest BCUT2D eigenvalue weighted by molar-refractivity contribution is 9.10. The first-order valence-electron chi connectivity index (χ1n) is 9.31. The van der Waals surface area contributed by atoms with Crippen molar-refractivity contribution in [2.45, 2.75) is 12.8 Å². The standard InChI is InChI=1S/C20H15BrN8O/c1-10-14-15(11-7-23-28(2)8-11)16-18-24-17(12-5-3-4-6-13(12)21)27-29(18)9-22-19(16)30-20(14)26-25-10/h3-9,15H,1-2H3,(H,25,26)/t15-/m0/s1. The molecular weight excluding hydrogens is 448 g/mol. The van der Waals surface area contributed by atoms with Crippen LogP contribution >= 0.6 is 15.9 Å². The lowest BCUT2D eigenvalue weighted by Gasteiger charge is -2.24. The molecule has 0 bridgehead atoms. The average molecular weight is 463 g/mol. The maximum Gasteiger partial charge on any atom is 0.244 e. The zero-order valence-electron chi connectivity index (χ0n) is 16.0. The SMILES string of the molecule is Cc1[nH]nc2c1[C@H](c1cnn(C)c1)c1c(ncn3nc(-c4ccccc4Br)nc13)O2. The number of rotatable bonds is 2. The number of ether oxygens (including phenoxy) is 1. The van der Waals surface area contributed by atoms with E-state index >= 15 is 0 Å². The molecule has 0 saturated carbocycles. The lowest BCUT2D eigenvalue weighted by atomic mass is 9.86. The molecule has 0 aliphatic carbocycles. The quantitative estimate of drug-likeness (QED) is 0.421. The van der Waals surface area contributed by atoms with Crippen LogP contribution < -0.4 is 4.74 Å². The number of aromatic amines is 1. The maximum absolute atomic E-state index is 6.03. The second-order valence-electron chi connectivity index (χ2n) is 7.20. The van der Waals surface area contributed by atoms with Gasteiger partial charge in [-0.05, 0) is 19.1 Å². The van der Waals surface area contributed by atoms with Gasteiger partial charge in [-0.25, -0.2) is 14.5 Å². The molecular formula is C20H15BrN8O. The van der Waals surface area contributed by atoms with Crippen molar-refractivity contribution in [3.63, 3.8) is 0 Å². The third kappa shape index (κ3) is 2.43. The van der Waals surface area contributed by atoms with Crippen LogP contribution in [-0.4, -0.2) is 39.6 Å². The first kappa shape index (κ1) is 17.3. The van der Waals surface area contributed by atoms with E-state index in [1.165, 1.54) is 0 Å². The zero-order chi connectivity index (χ0) is 20.4. The van der Waals surface area contributed by atoms with Crippen molar-refractivity contribution in [2.75, 3.05) is 0 Å². The Bertz CT molecular complexity index is 1430. The number of aryl methyl sites for hydroxylation is 2. The average Bonchev–Trinajstić information content (AvgIpc) is 3.45. The van der Waals surface area contributed by atoms with Crippen LogP contribution in [0.2, 0.25) is 0 Å². The van der Waals surface area contributed by atoms with Crippen LogP contribution in [0, 0.1) is 6.92 Å². The Hall–Kier alpha value is -3.53. The van der Waals surface area contributed by atoms with Gasteiger partial charge < -0.3 is 4.74 Å². The van der Waals surface area contributed by atoms with Gasteiger partial charge in [0.05, 0.1) is 17.7 Å². The van der Waals surface area contributed by atoms with Gasteiger partial charge in [0.2, 0.25) is 11.8 Å². The van der Waals surface area contributed by atoms with Crippen molar-refractivity contribution in [1.29, 1.82) is 0 Å².